The van der Waals surface area contributed by atoms with Crippen LogP contribution in [0, 0.1) is 6.92 Å². The van der Waals surface area contributed by atoms with Gasteiger partial charge in [-0.05, 0) is 43.9 Å². The fourth-order valence-electron chi connectivity index (χ4n) is 4.34. The fourth-order valence-corrected chi connectivity index (χ4v) is 5.82. The highest BCUT2D eigenvalue weighted by atomic mass is 32.2. The number of piperidine rings is 1. The minimum Gasteiger partial charge on any atom is -0.338 e. The van der Waals surface area contributed by atoms with E-state index in [1.807, 2.05) is 66.1 Å². The predicted molar refractivity (Wildman–Crippen MR) is 118 cm³/mol. The van der Waals surface area contributed by atoms with Gasteiger partial charge in [0, 0.05) is 37.4 Å². The summed E-state index contributed by atoms with van der Waals surface area (Å²) >= 11 is 1.90. The van der Waals surface area contributed by atoms with Gasteiger partial charge in [0.1, 0.15) is 0 Å². The van der Waals surface area contributed by atoms with Gasteiger partial charge < -0.3 is 9.80 Å². The number of likely N-dealkylation sites (tertiary alicyclic amines) is 1. The fraction of sp³-hybridized carbons (Fsp3) is 0.417. The lowest BCUT2D eigenvalue weighted by Crippen LogP contribution is -2.53. The largest absolute Gasteiger partial charge is 0.338 e. The van der Waals surface area contributed by atoms with Gasteiger partial charge in [-0.2, -0.15) is 0 Å². The van der Waals surface area contributed by atoms with Crippen molar-refractivity contribution >= 4 is 23.6 Å². The molecule has 0 saturated carbocycles. The number of rotatable bonds is 4. The first kappa shape index (κ1) is 20.0. The lowest BCUT2D eigenvalue weighted by atomic mass is 10.00. The van der Waals surface area contributed by atoms with Gasteiger partial charge in [0.15, 0.2) is 0 Å². The van der Waals surface area contributed by atoms with Gasteiger partial charge in [-0.15, -0.1) is 11.8 Å². The summed E-state index contributed by atoms with van der Waals surface area (Å²) in [5.41, 5.74) is 3.12. The SMILES string of the molecule is Cc1ccc(C(=O)N2CCC3(CC2)SCCN3C(=O)CCc2ccccc2)cc1. The van der Waals surface area contributed by atoms with E-state index in [2.05, 4.69) is 17.0 Å². The van der Waals surface area contributed by atoms with E-state index in [1.165, 1.54) is 5.56 Å². The highest BCUT2D eigenvalue weighted by molar-refractivity contribution is 8.00. The molecule has 0 atom stereocenters. The van der Waals surface area contributed by atoms with Crippen LogP contribution in [0.25, 0.3) is 0 Å². The van der Waals surface area contributed by atoms with Crippen LogP contribution in [0.1, 0.15) is 40.7 Å². The molecule has 2 saturated heterocycles. The molecule has 5 heteroatoms. The third-order valence-electron chi connectivity index (χ3n) is 6.08. The van der Waals surface area contributed by atoms with Crippen molar-refractivity contribution in [2.24, 2.45) is 0 Å². The van der Waals surface area contributed by atoms with E-state index in [1.54, 1.807) is 0 Å². The van der Waals surface area contributed by atoms with E-state index in [0.29, 0.717) is 19.5 Å². The van der Waals surface area contributed by atoms with Crippen molar-refractivity contribution in [3.63, 3.8) is 0 Å². The Hall–Kier alpha value is -2.27. The maximum Gasteiger partial charge on any atom is 0.253 e. The average Bonchev–Trinajstić information content (AvgIpc) is 3.16. The number of hydrogen-bond acceptors (Lipinski definition) is 3. The van der Waals surface area contributed by atoms with Crippen LogP contribution in [-0.4, -0.2) is 51.9 Å². The smallest absolute Gasteiger partial charge is 0.253 e. The van der Waals surface area contributed by atoms with E-state index >= 15 is 0 Å². The number of amides is 2. The molecule has 29 heavy (non-hydrogen) atoms. The summed E-state index contributed by atoms with van der Waals surface area (Å²) in [7, 11) is 0. The van der Waals surface area contributed by atoms with Crippen LogP contribution in [0.5, 0.6) is 0 Å². The number of hydrogen-bond donors (Lipinski definition) is 0. The molecular weight excluding hydrogens is 380 g/mol. The van der Waals surface area contributed by atoms with Gasteiger partial charge in [-0.1, -0.05) is 48.0 Å². The topological polar surface area (TPSA) is 40.6 Å². The number of carbonyl (C=O) groups excluding carboxylic acids is 2. The van der Waals surface area contributed by atoms with E-state index in [9.17, 15) is 9.59 Å². The number of aryl methyl sites for hydroxylation is 2. The highest BCUT2D eigenvalue weighted by Gasteiger charge is 2.46. The first-order chi connectivity index (χ1) is 14.1. The molecule has 2 aromatic carbocycles. The van der Waals surface area contributed by atoms with Crippen molar-refractivity contribution in [1.82, 2.24) is 9.80 Å². The van der Waals surface area contributed by atoms with Gasteiger partial charge in [-0.3, -0.25) is 9.59 Å². The molecule has 2 fully saturated rings. The van der Waals surface area contributed by atoms with E-state index < -0.39 is 0 Å². The summed E-state index contributed by atoms with van der Waals surface area (Å²) in [6.45, 7) is 4.27. The second-order valence-electron chi connectivity index (χ2n) is 7.98. The van der Waals surface area contributed by atoms with Crippen molar-refractivity contribution in [2.45, 2.75) is 37.5 Å². The normalized spacial score (nSPS) is 18.2. The second-order valence-corrected chi connectivity index (χ2v) is 9.44. The third kappa shape index (κ3) is 4.35. The molecule has 0 bridgehead atoms. The second kappa shape index (κ2) is 8.62. The average molecular weight is 409 g/mol. The van der Waals surface area contributed by atoms with Gasteiger partial charge in [0.05, 0.1) is 4.87 Å². The van der Waals surface area contributed by atoms with E-state index in [4.69, 9.17) is 0 Å². The predicted octanol–water partition coefficient (Wildman–Crippen LogP) is 4.14. The summed E-state index contributed by atoms with van der Waals surface area (Å²) in [5.74, 6) is 1.34. The quantitative estimate of drug-likeness (QED) is 0.764. The maximum atomic E-state index is 13.0. The van der Waals surface area contributed by atoms with Crippen molar-refractivity contribution in [3.05, 3.63) is 71.3 Å². The molecule has 4 rings (SSSR count). The zero-order valence-corrected chi connectivity index (χ0v) is 17.8. The van der Waals surface area contributed by atoms with Gasteiger partial charge in [0.25, 0.3) is 5.91 Å². The summed E-state index contributed by atoms with van der Waals surface area (Å²) in [5, 5.41) is 0. The lowest BCUT2D eigenvalue weighted by molar-refractivity contribution is -0.134. The summed E-state index contributed by atoms with van der Waals surface area (Å²) in [6.07, 6.45) is 3.05. The van der Waals surface area contributed by atoms with Crippen molar-refractivity contribution in [1.29, 1.82) is 0 Å². The summed E-state index contributed by atoms with van der Waals surface area (Å²) in [6, 6.07) is 18.0. The first-order valence-corrected chi connectivity index (χ1v) is 11.4. The molecule has 2 aliphatic rings. The molecule has 2 amide bonds. The molecule has 2 aliphatic heterocycles. The Labute approximate surface area is 177 Å². The molecule has 4 nitrogen and oxygen atoms in total. The first-order valence-electron chi connectivity index (χ1n) is 10.4. The molecular formula is C24H28N2O2S. The molecule has 0 aromatic heterocycles. The molecule has 2 heterocycles. The molecule has 2 aromatic rings. The Kier molecular flexibility index (Phi) is 5.95. The van der Waals surface area contributed by atoms with Crippen LogP contribution in [0.15, 0.2) is 54.6 Å². The lowest BCUT2D eigenvalue weighted by Gasteiger charge is -2.44. The van der Waals surface area contributed by atoms with Crippen LogP contribution in [0.2, 0.25) is 0 Å². The summed E-state index contributed by atoms with van der Waals surface area (Å²) in [4.78, 5) is 29.7. The van der Waals surface area contributed by atoms with Crippen LogP contribution in [0.3, 0.4) is 0 Å². The Morgan fingerprint density at radius 2 is 1.66 bits per heavy atom. The van der Waals surface area contributed by atoms with Crippen LogP contribution < -0.4 is 0 Å². The van der Waals surface area contributed by atoms with E-state index in [0.717, 1.165) is 42.7 Å². The highest BCUT2D eigenvalue weighted by Crippen LogP contribution is 2.44. The van der Waals surface area contributed by atoms with Crippen LogP contribution in [-0.2, 0) is 11.2 Å². The Balaban J connectivity index is 1.36. The Morgan fingerprint density at radius 3 is 2.34 bits per heavy atom. The number of nitrogens with zero attached hydrogens (tertiary/aromatic N) is 2. The molecule has 0 aliphatic carbocycles. The van der Waals surface area contributed by atoms with Crippen LogP contribution in [0.4, 0.5) is 0 Å². The van der Waals surface area contributed by atoms with Crippen molar-refractivity contribution in [3.8, 4) is 0 Å². The van der Waals surface area contributed by atoms with Crippen molar-refractivity contribution in [2.75, 3.05) is 25.4 Å². The molecule has 0 N–H and O–H groups in total. The van der Waals surface area contributed by atoms with Gasteiger partial charge in [-0.25, -0.2) is 0 Å². The maximum absolute atomic E-state index is 13.0. The summed E-state index contributed by atoms with van der Waals surface area (Å²) < 4.78 is 0. The van der Waals surface area contributed by atoms with Gasteiger partial charge in [0.2, 0.25) is 5.91 Å². The minimum atomic E-state index is -0.127. The zero-order valence-electron chi connectivity index (χ0n) is 17.0. The molecule has 152 valence electrons. The number of carbonyl (C=O) groups is 2. The molecule has 0 radical (unpaired) electrons. The number of thioether (sulfide) groups is 1. The Morgan fingerprint density at radius 1 is 0.966 bits per heavy atom. The minimum absolute atomic E-state index is 0.102. The van der Waals surface area contributed by atoms with E-state index in [-0.39, 0.29) is 16.7 Å². The van der Waals surface area contributed by atoms with Gasteiger partial charge >= 0.3 is 0 Å². The zero-order chi connectivity index (χ0) is 20.3. The van der Waals surface area contributed by atoms with Crippen molar-refractivity contribution < 1.29 is 9.59 Å². The Bertz CT molecular complexity index is 858. The molecule has 0 unspecified atom stereocenters. The molecule has 1 spiro atoms. The number of benzene rings is 2. The third-order valence-corrected chi connectivity index (χ3v) is 7.63. The standard InChI is InChI=1S/C24H28N2O2S/c1-19-7-10-21(11-8-19)23(28)25-15-13-24(14-16-25)26(17-18-29-24)22(27)12-9-20-5-3-2-4-6-20/h2-8,10-11H,9,12-18H2,1H3. The van der Waals surface area contributed by atoms with Crippen LogP contribution >= 0.6 is 11.8 Å². The monoisotopic (exact) mass is 408 g/mol.